The second-order valence-electron chi connectivity index (χ2n) is 4.76. The summed E-state index contributed by atoms with van der Waals surface area (Å²) in [5, 5.41) is 15.2. The zero-order valence-corrected chi connectivity index (χ0v) is 13.7. The van der Waals surface area contributed by atoms with E-state index in [1.807, 2.05) is 30.5 Å². The van der Waals surface area contributed by atoms with E-state index >= 15 is 0 Å². The van der Waals surface area contributed by atoms with E-state index in [4.69, 9.17) is 10.00 Å². The molecule has 0 saturated heterocycles. The van der Waals surface area contributed by atoms with Gasteiger partial charge in [0.1, 0.15) is 16.8 Å². The minimum atomic E-state index is -0.201. The molecular weight excluding hydrogens is 312 g/mol. The Morgan fingerprint density at radius 2 is 2.17 bits per heavy atom. The number of nitrogens with one attached hydrogen (secondary N) is 1. The summed E-state index contributed by atoms with van der Waals surface area (Å²) in [7, 11) is 0. The molecule has 118 valence electrons. The van der Waals surface area contributed by atoms with Gasteiger partial charge in [0.05, 0.1) is 12.1 Å². The Morgan fingerprint density at radius 3 is 2.78 bits per heavy atom. The van der Waals surface area contributed by atoms with Gasteiger partial charge in [-0.25, -0.2) is 10.4 Å². The fraction of sp³-hybridized carbons (Fsp3) is 0.250. The van der Waals surface area contributed by atoms with Crippen LogP contribution in [0.15, 0.2) is 34.7 Å². The summed E-state index contributed by atoms with van der Waals surface area (Å²) < 4.78 is 5.18. The topological polar surface area (TPSA) is 87.4 Å². The van der Waals surface area contributed by atoms with Crippen molar-refractivity contribution in [2.24, 2.45) is 5.10 Å². The number of benzene rings is 1. The van der Waals surface area contributed by atoms with Gasteiger partial charge in [-0.3, -0.25) is 4.79 Å². The molecular formula is C16H16N4O2S. The molecule has 7 heteroatoms. The standard InChI is InChI=1S/C16H16N4O2S/c1-11-10-23-16(18-11)9-15(21)20-19-12(2)13-3-5-14(6-4-13)22-8-7-17/h3-6,10H,8-9H2,1-2H3,(H,20,21)/b19-12-. The third-order valence-electron chi connectivity index (χ3n) is 2.90. The number of aryl methyl sites for hydroxylation is 1. The highest BCUT2D eigenvalue weighted by molar-refractivity contribution is 7.09. The lowest BCUT2D eigenvalue weighted by Crippen LogP contribution is -2.21. The first-order valence-electron chi connectivity index (χ1n) is 6.93. The molecule has 1 N–H and O–H groups in total. The molecule has 1 heterocycles. The molecule has 0 spiro atoms. The first kappa shape index (κ1) is 16.6. The van der Waals surface area contributed by atoms with Gasteiger partial charge >= 0.3 is 0 Å². The maximum atomic E-state index is 11.8. The van der Waals surface area contributed by atoms with Crippen LogP contribution < -0.4 is 10.2 Å². The predicted octanol–water partition coefficient (Wildman–Crippen LogP) is 2.44. The number of carbonyl (C=O) groups is 1. The van der Waals surface area contributed by atoms with Gasteiger partial charge in [0.15, 0.2) is 6.61 Å². The van der Waals surface area contributed by atoms with Crippen molar-refractivity contribution >= 4 is 23.0 Å². The van der Waals surface area contributed by atoms with E-state index in [1.54, 1.807) is 19.1 Å². The molecule has 0 fully saturated rings. The number of hydrogen-bond acceptors (Lipinski definition) is 6. The second-order valence-corrected chi connectivity index (χ2v) is 5.71. The average molecular weight is 328 g/mol. The molecule has 0 aliphatic carbocycles. The van der Waals surface area contributed by atoms with Crippen LogP contribution in [0.4, 0.5) is 0 Å². The van der Waals surface area contributed by atoms with Crippen LogP contribution in [0.5, 0.6) is 5.75 Å². The normalized spacial score (nSPS) is 10.9. The summed E-state index contributed by atoms with van der Waals surface area (Å²) >= 11 is 1.46. The van der Waals surface area contributed by atoms with Crippen molar-refractivity contribution in [3.63, 3.8) is 0 Å². The van der Waals surface area contributed by atoms with E-state index in [-0.39, 0.29) is 18.9 Å². The van der Waals surface area contributed by atoms with Gasteiger partial charge in [-0.2, -0.15) is 10.4 Å². The first-order chi connectivity index (χ1) is 11.1. The predicted molar refractivity (Wildman–Crippen MR) is 88.5 cm³/mol. The SMILES string of the molecule is C/C(=N/NC(=O)Cc1nc(C)cs1)c1ccc(OCC#N)cc1. The number of hydrogen-bond donors (Lipinski definition) is 1. The fourth-order valence-corrected chi connectivity index (χ4v) is 2.55. The Balaban J connectivity index is 1.91. The molecule has 1 amide bonds. The van der Waals surface area contributed by atoms with E-state index in [9.17, 15) is 4.79 Å². The summed E-state index contributed by atoms with van der Waals surface area (Å²) in [5.41, 5.74) is 4.98. The molecule has 0 unspecified atom stereocenters. The molecule has 0 atom stereocenters. The van der Waals surface area contributed by atoms with Crippen LogP contribution in [0, 0.1) is 18.3 Å². The molecule has 1 aromatic heterocycles. The number of nitriles is 1. The average Bonchev–Trinajstić information content (AvgIpc) is 2.96. The Kier molecular flexibility index (Phi) is 5.83. The van der Waals surface area contributed by atoms with Crippen molar-refractivity contribution < 1.29 is 9.53 Å². The van der Waals surface area contributed by atoms with E-state index in [0.29, 0.717) is 11.5 Å². The minimum Gasteiger partial charge on any atom is -0.479 e. The maximum Gasteiger partial charge on any atom is 0.246 e. The quantitative estimate of drug-likeness (QED) is 0.651. The van der Waals surface area contributed by atoms with Crippen molar-refractivity contribution in [3.8, 4) is 11.8 Å². The number of carbonyl (C=O) groups excluding carboxylic acids is 1. The van der Waals surface area contributed by atoms with Crippen LogP contribution in [0.1, 0.15) is 23.2 Å². The second kappa shape index (κ2) is 8.06. The Hall–Kier alpha value is -2.72. The lowest BCUT2D eigenvalue weighted by atomic mass is 10.1. The van der Waals surface area contributed by atoms with Crippen LogP contribution in [0.25, 0.3) is 0 Å². The molecule has 0 saturated carbocycles. The third-order valence-corrected chi connectivity index (χ3v) is 3.87. The Bertz CT molecular complexity index is 744. The number of thiazole rings is 1. The van der Waals surface area contributed by atoms with Gasteiger partial charge in [-0.15, -0.1) is 11.3 Å². The summed E-state index contributed by atoms with van der Waals surface area (Å²) in [4.78, 5) is 16.1. The van der Waals surface area contributed by atoms with Crippen molar-refractivity contribution in [3.05, 3.63) is 45.9 Å². The molecule has 23 heavy (non-hydrogen) atoms. The van der Waals surface area contributed by atoms with Crippen LogP contribution >= 0.6 is 11.3 Å². The summed E-state index contributed by atoms with van der Waals surface area (Å²) in [5.74, 6) is 0.416. The molecule has 2 rings (SSSR count). The molecule has 0 radical (unpaired) electrons. The smallest absolute Gasteiger partial charge is 0.246 e. The van der Waals surface area contributed by atoms with Gasteiger partial charge in [-0.1, -0.05) is 0 Å². The fourth-order valence-electron chi connectivity index (χ4n) is 1.78. The number of hydrazone groups is 1. The third kappa shape index (κ3) is 5.20. The lowest BCUT2D eigenvalue weighted by molar-refractivity contribution is -0.120. The van der Waals surface area contributed by atoms with Crippen molar-refractivity contribution in [2.75, 3.05) is 6.61 Å². The van der Waals surface area contributed by atoms with Gasteiger partial charge in [0, 0.05) is 11.1 Å². The zero-order chi connectivity index (χ0) is 16.7. The van der Waals surface area contributed by atoms with Gasteiger partial charge in [0.25, 0.3) is 0 Å². The highest BCUT2D eigenvalue weighted by Crippen LogP contribution is 2.13. The van der Waals surface area contributed by atoms with Gasteiger partial charge < -0.3 is 4.74 Å². The maximum absolute atomic E-state index is 11.8. The largest absolute Gasteiger partial charge is 0.479 e. The number of ether oxygens (including phenoxy) is 1. The van der Waals surface area contributed by atoms with Gasteiger partial charge in [-0.05, 0) is 43.7 Å². The van der Waals surface area contributed by atoms with E-state index in [2.05, 4.69) is 15.5 Å². The van der Waals surface area contributed by atoms with Crippen molar-refractivity contribution in [1.82, 2.24) is 10.4 Å². The minimum absolute atomic E-state index is 0.0126. The van der Waals surface area contributed by atoms with Crippen molar-refractivity contribution in [2.45, 2.75) is 20.3 Å². The highest BCUT2D eigenvalue weighted by atomic mass is 32.1. The Labute approximate surface area is 138 Å². The highest BCUT2D eigenvalue weighted by Gasteiger charge is 2.06. The van der Waals surface area contributed by atoms with Gasteiger partial charge in [0.2, 0.25) is 5.91 Å². The molecule has 6 nitrogen and oxygen atoms in total. The number of rotatable bonds is 6. The van der Waals surface area contributed by atoms with Crippen molar-refractivity contribution in [1.29, 1.82) is 5.26 Å². The summed E-state index contributed by atoms with van der Waals surface area (Å²) in [6.45, 7) is 3.71. The zero-order valence-electron chi connectivity index (χ0n) is 12.9. The summed E-state index contributed by atoms with van der Waals surface area (Å²) in [6, 6.07) is 9.06. The number of amides is 1. The first-order valence-corrected chi connectivity index (χ1v) is 7.81. The molecule has 2 aromatic rings. The Morgan fingerprint density at radius 1 is 1.43 bits per heavy atom. The molecule has 1 aromatic carbocycles. The van der Waals surface area contributed by atoms with E-state index < -0.39 is 0 Å². The lowest BCUT2D eigenvalue weighted by Gasteiger charge is -2.04. The number of aromatic nitrogens is 1. The monoisotopic (exact) mass is 328 g/mol. The molecule has 0 bridgehead atoms. The van der Waals surface area contributed by atoms with E-state index in [0.717, 1.165) is 16.3 Å². The van der Waals surface area contributed by atoms with Crippen LogP contribution in [-0.4, -0.2) is 23.2 Å². The van der Waals surface area contributed by atoms with Crippen LogP contribution in [-0.2, 0) is 11.2 Å². The van der Waals surface area contributed by atoms with E-state index in [1.165, 1.54) is 11.3 Å². The number of nitrogens with zero attached hydrogens (tertiary/aromatic N) is 3. The summed E-state index contributed by atoms with van der Waals surface area (Å²) in [6.07, 6.45) is 0.218. The molecule has 0 aliphatic rings. The van der Waals surface area contributed by atoms with Crippen LogP contribution in [0.3, 0.4) is 0 Å². The van der Waals surface area contributed by atoms with Crippen LogP contribution in [0.2, 0.25) is 0 Å². The molecule has 0 aliphatic heterocycles.